The van der Waals surface area contributed by atoms with E-state index in [0.29, 0.717) is 23.4 Å². The molecule has 0 aliphatic rings. The average Bonchev–Trinajstić information content (AvgIpc) is 2.80. The van der Waals surface area contributed by atoms with E-state index in [4.69, 9.17) is 0 Å². The molecule has 200 valence electrons. The van der Waals surface area contributed by atoms with E-state index in [9.17, 15) is 31.1 Å². The maximum absolute atomic E-state index is 13.5. The normalized spacial score (nSPS) is 12.1. The van der Waals surface area contributed by atoms with Gasteiger partial charge in [-0.2, -0.15) is 26.3 Å². The summed E-state index contributed by atoms with van der Waals surface area (Å²) in [4.78, 5) is 18.8. The van der Waals surface area contributed by atoms with Gasteiger partial charge in [-0.15, -0.1) is 5.54 Å². The third-order valence-corrected chi connectivity index (χ3v) is 6.42. The molecule has 0 bridgehead atoms. The number of carbonyl (C=O) groups excluding carboxylic acids is 1. The van der Waals surface area contributed by atoms with E-state index < -0.39 is 44.0 Å². The third kappa shape index (κ3) is 7.25. The fourth-order valence-electron chi connectivity index (χ4n) is 3.71. The molecule has 2 aromatic carbocycles. The molecule has 1 amide bonds. The molecule has 0 atom stereocenters. The van der Waals surface area contributed by atoms with E-state index in [1.165, 1.54) is 13.2 Å². The maximum atomic E-state index is 13.5. The summed E-state index contributed by atoms with van der Waals surface area (Å²) in [7, 11) is -0.401. The van der Waals surface area contributed by atoms with Crippen LogP contribution in [-0.2, 0) is 18.9 Å². The number of benzene rings is 2. The van der Waals surface area contributed by atoms with Crippen LogP contribution >= 0.6 is 0 Å². The van der Waals surface area contributed by atoms with Crippen molar-refractivity contribution in [2.45, 2.75) is 45.5 Å². The number of pyridine rings is 1. The van der Waals surface area contributed by atoms with E-state index in [2.05, 4.69) is 36.1 Å². The Labute approximate surface area is 218 Å². The van der Waals surface area contributed by atoms with Gasteiger partial charge in [0.25, 0.3) is 5.91 Å². The monoisotopic (exact) mass is 548 g/mol. The minimum Gasteiger partial charge on any atom is -0.337 e. The first kappa shape index (κ1) is 29.0. The number of aromatic nitrogens is 1. The van der Waals surface area contributed by atoms with Gasteiger partial charge in [-0.1, -0.05) is 49.8 Å². The summed E-state index contributed by atoms with van der Waals surface area (Å²) >= 11 is 0. The summed E-state index contributed by atoms with van der Waals surface area (Å²) in [5.74, 6) is 2.45. The fourth-order valence-corrected chi connectivity index (χ4v) is 4.21. The van der Waals surface area contributed by atoms with Crippen LogP contribution in [0, 0.1) is 18.4 Å². The molecule has 0 aliphatic heterocycles. The smallest absolute Gasteiger partial charge is 0.337 e. The second-order valence-electron chi connectivity index (χ2n) is 10.0. The quantitative estimate of drug-likeness (QED) is 0.191. The summed E-state index contributed by atoms with van der Waals surface area (Å²) in [6.07, 6.45) is -8.61. The summed E-state index contributed by atoms with van der Waals surface area (Å²) in [5.41, 5.74) is 2.79. The van der Waals surface area contributed by atoms with E-state index in [1.807, 2.05) is 25.1 Å². The SMILES string of the molecule is Cc1ccccc1-c1cc(C#C[Si](C)(C)C)ncc1C(=O)N(C)Cc1cc(C(F)(F)F)cc(C(F)(F)F)c1. The van der Waals surface area contributed by atoms with Gasteiger partial charge in [0.05, 0.1) is 16.7 Å². The molecule has 3 aromatic rings. The van der Waals surface area contributed by atoms with Crippen LogP contribution in [0.1, 0.15) is 38.3 Å². The second-order valence-corrected chi connectivity index (χ2v) is 14.8. The van der Waals surface area contributed by atoms with Gasteiger partial charge in [-0.05, 0) is 53.4 Å². The molecule has 3 rings (SSSR count). The van der Waals surface area contributed by atoms with E-state index >= 15 is 0 Å². The highest BCUT2D eigenvalue weighted by Gasteiger charge is 2.37. The van der Waals surface area contributed by atoms with Gasteiger partial charge in [0.15, 0.2) is 0 Å². The Balaban J connectivity index is 2.05. The topological polar surface area (TPSA) is 33.2 Å². The molecule has 0 fully saturated rings. The molecule has 0 N–H and O–H groups in total. The number of aryl methyl sites for hydroxylation is 1. The molecular weight excluding hydrogens is 522 g/mol. The Kier molecular flexibility index (Phi) is 8.12. The minimum atomic E-state index is -4.98. The van der Waals surface area contributed by atoms with Crippen molar-refractivity contribution in [1.29, 1.82) is 0 Å². The third-order valence-electron chi connectivity index (χ3n) is 5.55. The van der Waals surface area contributed by atoms with Crippen molar-refractivity contribution >= 4 is 14.0 Å². The lowest BCUT2D eigenvalue weighted by atomic mass is 9.96. The molecular formula is C28H26F6N2OSi. The minimum absolute atomic E-state index is 0.0612. The zero-order chi connectivity index (χ0) is 28.5. The Bertz CT molecular complexity index is 1380. The molecule has 1 aromatic heterocycles. The van der Waals surface area contributed by atoms with Gasteiger partial charge in [-0.25, -0.2) is 4.98 Å². The highest BCUT2D eigenvalue weighted by Crippen LogP contribution is 2.37. The fraction of sp³-hybridized carbons (Fsp3) is 0.286. The average molecular weight is 549 g/mol. The molecule has 0 saturated carbocycles. The second kappa shape index (κ2) is 10.7. The molecule has 0 saturated heterocycles. The van der Waals surface area contributed by atoms with Crippen LogP contribution in [0.3, 0.4) is 0 Å². The first-order valence-electron chi connectivity index (χ1n) is 11.6. The molecule has 1 heterocycles. The van der Waals surface area contributed by atoms with Crippen LogP contribution in [0.5, 0.6) is 0 Å². The van der Waals surface area contributed by atoms with Gasteiger partial charge in [0.1, 0.15) is 13.8 Å². The van der Waals surface area contributed by atoms with E-state index in [0.717, 1.165) is 16.0 Å². The van der Waals surface area contributed by atoms with Crippen LogP contribution in [0.25, 0.3) is 11.1 Å². The summed E-state index contributed by atoms with van der Waals surface area (Å²) < 4.78 is 79.7. The van der Waals surface area contributed by atoms with E-state index in [1.54, 1.807) is 12.1 Å². The lowest BCUT2D eigenvalue weighted by Crippen LogP contribution is -2.27. The Morgan fingerprint density at radius 1 is 0.921 bits per heavy atom. The number of hydrogen-bond donors (Lipinski definition) is 0. The van der Waals surface area contributed by atoms with Crippen molar-refractivity contribution in [3.63, 3.8) is 0 Å². The molecule has 0 spiro atoms. The van der Waals surface area contributed by atoms with Crippen LogP contribution in [-0.4, -0.2) is 30.9 Å². The Morgan fingerprint density at radius 3 is 2.03 bits per heavy atom. The van der Waals surface area contributed by atoms with Gasteiger partial charge in [0, 0.05) is 19.8 Å². The highest BCUT2D eigenvalue weighted by molar-refractivity contribution is 6.83. The standard InChI is InChI=1S/C28H26F6N2OSi/c1-18-8-6-7-9-23(18)24-15-22(10-11-38(3,4)5)35-16-25(24)26(37)36(2)17-19-12-20(27(29,30)31)14-21(13-19)28(32,33)34/h6-9,12-16H,17H2,1-5H3. The van der Waals surface area contributed by atoms with Crippen LogP contribution in [0.4, 0.5) is 26.3 Å². The summed E-state index contributed by atoms with van der Waals surface area (Å²) in [6, 6.07) is 10.3. The molecule has 38 heavy (non-hydrogen) atoms. The van der Waals surface area contributed by atoms with Gasteiger partial charge < -0.3 is 4.90 Å². The van der Waals surface area contributed by atoms with E-state index in [-0.39, 0.29) is 17.2 Å². The number of alkyl halides is 6. The Morgan fingerprint density at radius 2 is 1.50 bits per heavy atom. The number of nitrogens with zero attached hydrogens (tertiary/aromatic N) is 2. The maximum Gasteiger partial charge on any atom is 0.416 e. The first-order valence-corrected chi connectivity index (χ1v) is 15.1. The summed E-state index contributed by atoms with van der Waals surface area (Å²) in [5, 5.41) is 0. The number of hydrogen-bond acceptors (Lipinski definition) is 2. The zero-order valence-electron chi connectivity index (χ0n) is 21.5. The Hall–Kier alpha value is -3.58. The highest BCUT2D eigenvalue weighted by atomic mass is 28.3. The van der Waals surface area contributed by atoms with Crippen LogP contribution in [0.15, 0.2) is 54.7 Å². The molecule has 3 nitrogen and oxygen atoms in total. The predicted octanol–water partition coefficient (Wildman–Crippen LogP) is 7.60. The lowest BCUT2D eigenvalue weighted by molar-refractivity contribution is -0.143. The van der Waals surface area contributed by atoms with Gasteiger partial charge in [-0.3, -0.25) is 4.79 Å². The largest absolute Gasteiger partial charge is 0.416 e. The van der Waals surface area contributed by atoms with Crippen molar-refractivity contribution in [3.8, 4) is 22.6 Å². The van der Waals surface area contributed by atoms with Crippen LogP contribution in [0.2, 0.25) is 19.6 Å². The van der Waals surface area contributed by atoms with Crippen molar-refractivity contribution in [3.05, 3.63) is 88.2 Å². The number of carbonyl (C=O) groups is 1. The molecule has 10 heteroatoms. The lowest BCUT2D eigenvalue weighted by Gasteiger charge is -2.21. The number of rotatable bonds is 4. The number of halogens is 6. The van der Waals surface area contributed by atoms with Gasteiger partial charge >= 0.3 is 12.4 Å². The van der Waals surface area contributed by atoms with Crippen LogP contribution < -0.4 is 0 Å². The number of amides is 1. The zero-order valence-corrected chi connectivity index (χ0v) is 22.5. The van der Waals surface area contributed by atoms with Gasteiger partial charge in [0.2, 0.25) is 0 Å². The van der Waals surface area contributed by atoms with Crippen molar-refractivity contribution in [2.24, 2.45) is 0 Å². The van der Waals surface area contributed by atoms with Crippen molar-refractivity contribution in [1.82, 2.24) is 9.88 Å². The molecule has 0 aliphatic carbocycles. The summed E-state index contributed by atoms with van der Waals surface area (Å²) in [6.45, 7) is 7.62. The molecule has 0 radical (unpaired) electrons. The first-order chi connectivity index (χ1) is 17.5. The van der Waals surface area contributed by atoms with Crippen molar-refractivity contribution < 1.29 is 31.1 Å². The molecule has 0 unspecified atom stereocenters. The van der Waals surface area contributed by atoms with Crippen molar-refractivity contribution in [2.75, 3.05) is 7.05 Å². The predicted molar refractivity (Wildman–Crippen MR) is 137 cm³/mol.